The molecule has 4 aromatic rings. The van der Waals surface area contributed by atoms with Crippen LogP contribution in [0.4, 0.5) is 4.39 Å². The molecule has 7 nitrogen and oxygen atoms in total. The lowest BCUT2D eigenvalue weighted by molar-refractivity contribution is -0.0949. The maximum atomic E-state index is 14.4. The Kier molecular flexibility index (Phi) is 5.02. The van der Waals surface area contributed by atoms with Gasteiger partial charge in [-0.1, -0.05) is 6.07 Å². The summed E-state index contributed by atoms with van der Waals surface area (Å²) in [5.41, 5.74) is 2.40. The second-order valence-electron chi connectivity index (χ2n) is 8.93. The highest BCUT2D eigenvalue weighted by Gasteiger charge is 2.50. The quantitative estimate of drug-likeness (QED) is 0.480. The zero-order valence-corrected chi connectivity index (χ0v) is 19.7. The SMILES string of the molecule is COc1ccc(-c2nc3c(s2)CN2C(C3)c3cc(F)ccc3[C@@](O)(Cn3cncn3)[C@H]2C)cc1. The van der Waals surface area contributed by atoms with Crippen LogP contribution in [0.2, 0.25) is 0 Å². The molecule has 0 saturated heterocycles. The van der Waals surface area contributed by atoms with Gasteiger partial charge in [-0.2, -0.15) is 5.10 Å². The van der Waals surface area contributed by atoms with Crippen LogP contribution in [-0.2, 0) is 25.1 Å². The maximum Gasteiger partial charge on any atom is 0.137 e. The van der Waals surface area contributed by atoms with Crippen LogP contribution in [0.15, 0.2) is 55.1 Å². The Balaban J connectivity index is 1.40. The summed E-state index contributed by atoms with van der Waals surface area (Å²) >= 11 is 1.67. The highest BCUT2D eigenvalue weighted by atomic mass is 32.1. The second kappa shape index (κ2) is 7.97. The molecule has 0 fully saturated rings. The van der Waals surface area contributed by atoms with Gasteiger partial charge in [-0.15, -0.1) is 11.3 Å². The van der Waals surface area contributed by atoms with Gasteiger partial charge in [0.25, 0.3) is 0 Å². The number of fused-ring (bicyclic) bond motifs is 4. The molecule has 0 radical (unpaired) electrons. The molecule has 3 atom stereocenters. The van der Waals surface area contributed by atoms with E-state index >= 15 is 0 Å². The van der Waals surface area contributed by atoms with Crippen LogP contribution in [0.25, 0.3) is 10.6 Å². The summed E-state index contributed by atoms with van der Waals surface area (Å²) in [4.78, 5) is 12.4. The number of benzene rings is 2. The molecule has 0 saturated carbocycles. The summed E-state index contributed by atoms with van der Waals surface area (Å²) in [6.45, 7) is 2.92. The highest BCUT2D eigenvalue weighted by molar-refractivity contribution is 7.15. The normalized spacial score (nSPS) is 23.8. The fourth-order valence-electron chi connectivity index (χ4n) is 5.28. The number of aliphatic hydroxyl groups is 1. The average Bonchev–Trinajstić information content (AvgIpc) is 3.51. The molecular formula is C25H24FN5O2S. The van der Waals surface area contributed by atoms with E-state index in [0.29, 0.717) is 13.0 Å². The van der Waals surface area contributed by atoms with E-state index in [0.717, 1.165) is 33.1 Å². The van der Waals surface area contributed by atoms with E-state index in [2.05, 4.69) is 15.0 Å². The predicted molar refractivity (Wildman–Crippen MR) is 126 cm³/mol. The molecule has 0 amide bonds. The van der Waals surface area contributed by atoms with Crippen molar-refractivity contribution in [1.82, 2.24) is 24.6 Å². The van der Waals surface area contributed by atoms with Gasteiger partial charge in [-0.3, -0.25) is 4.90 Å². The minimum atomic E-state index is -1.24. The summed E-state index contributed by atoms with van der Waals surface area (Å²) in [6.07, 6.45) is 3.72. The van der Waals surface area contributed by atoms with Crippen molar-refractivity contribution in [3.8, 4) is 16.3 Å². The monoisotopic (exact) mass is 477 g/mol. The van der Waals surface area contributed by atoms with E-state index in [-0.39, 0.29) is 24.4 Å². The topological polar surface area (TPSA) is 76.3 Å². The van der Waals surface area contributed by atoms with Gasteiger partial charge in [0.2, 0.25) is 0 Å². The van der Waals surface area contributed by atoms with Gasteiger partial charge >= 0.3 is 0 Å². The summed E-state index contributed by atoms with van der Waals surface area (Å²) in [7, 11) is 1.65. The lowest BCUT2D eigenvalue weighted by Crippen LogP contribution is -2.57. The molecular weight excluding hydrogens is 453 g/mol. The third-order valence-corrected chi connectivity index (χ3v) is 8.26. The van der Waals surface area contributed by atoms with E-state index < -0.39 is 5.60 Å². The smallest absolute Gasteiger partial charge is 0.137 e. The maximum absolute atomic E-state index is 14.4. The third-order valence-electron chi connectivity index (χ3n) is 7.13. The Morgan fingerprint density at radius 3 is 2.79 bits per heavy atom. The van der Waals surface area contributed by atoms with Crippen LogP contribution in [0.3, 0.4) is 0 Å². The van der Waals surface area contributed by atoms with Crippen LogP contribution in [0, 0.1) is 5.82 Å². The first kappa shape index (κ1) is 21.4. The predicted octanol–water partition coefficient (Wildman–Crippen LogP) is 3.94. The van der Waals surface area contributed by atoms with Crippen molar-refractivity contribution in [2.45, 2.75) is 44.1 Å². The number of ether oxygens (including phenoxy) is 1. The molecule has 0 spiro atoms. The first-order valence-corrected chi connectivity index (χ1v) is 12.0. The Hall–Kier alpha value is -3.14. The zero-order valence-electron chi connectivity index (χ0n) is 18.8. The molecule has 2 aromatic heterocycles. The molecule has 1 N–H and O–H groups in total. The van der Waals surface area contributed by atoms with E-state index in [1.165, 1.54) is 17.3 Å². The zero-order chi connectivity index (χ0) is 23.4. The summed E-state index contributed by atoms with van der Waals surface area (Å²) in [5.74, 6) is 0.501. The molecule has 0 bridgehead atoms. The molecule has 2 aromatic carbocycles. The van der Waals surface area contributed by atoms with Crippen LogP contribution in [-0.4, -0.2) is 42.9 Å². The molecule has 9 heteroatoms. The molecule has 2 aliphatic rings. The summed E-state index contributed by atoms with van der Waals surface area (Å²) in [6, 6.07) is 12.3. The Morgan fingerprint density at radius 1 is 1.24 bits per heavy atom. The molecule has 2 aliphatic heterocycles. The van der Waals surface area contributed by atoms with Gasteiger partial charge in [0, 0.05) is 35.5 Å². The van der Waals surface area contributed by atoms with E-state index in [1.807, 2.05) is 31.2 Å². The Bertz CT molecular complexity index is 1340. The fraction of sp³-hybridized carbons (Fsp3) is 0.320. The Labute approximate surface area is 200 Å². The molecule has 6 rings (SSSR count). The van der Waals surface area contributed by atoms with Crippen molar-refractivity contribution < 1.29 is 14.2 Å². The van der Waals surface area contributed by atoms with Crippen LogP contribution in [0.1, 0.15) is 34.7 Å². The van der Waals surface area contributed by atoms with Crippen LogP contribution < -0.4 is 4.74 Å². The number of hydrogen-bond acceptors (Lipinski definition) is 7. The molecule has 174 valence electrons. The van der Waals surface area contributed by atoms with Crippen molar-refractivity contribution in [2.75, 3.05) is 7.11 Å². The first-order chi connectivity index (χ1) is 16.5. The first-order valence-electron chi connectivity index (χ1n) is 11.2. The minimum Gasteiger partial charge on any atom is -0.497 e. The second-order valence-corrected chi connectivity index (χ2v) is 10.0. The number of aromatic nitrogens is 4. The van der Waals surface area contributed by atoms with E-state index in [4.69, 9.17) is 9.72 Å². The number of thiazole rings is 1. The minimum absolute atomic E-state index is 0.0601. The van der Waals surface area contributed by atoms with Crippen LogP contribution in [0.5, 0.6) is 5.75 Å². The number of halogens is 1. The van der Waals surface area contributed by atoms with Gasteiger partial charge < -0.3 is 9.84 Å². The van der Waals surface area contributed by atoms with Gasteiger partial charge in [-0.05, 0) is 54.4 Å². The number of methoxy groups -OCH3 is 1. The molecule has 34 heavy (non-hydrogen) atoms. The molecule has 0 aliphatic carbocycles. The Morgan fingerprint density at radius 2 is 2.06 bits per heavy atom. The van der Waals surface area contributed by atoms with E-state index in [1.54, 1.807) is 41.6 Å². The fourth-order valence-corrected chi connectivity index (χ4v) is 6.38. The van der Waals surface area contributed by atoms with Crippen molar-refractivity contribution in [2.24, 2.45) is 0 Å². The molecule has 4 heterocycles. The average molecular weight is 478 g/mol. The standard InChI is InChI=1S/C25H24FN5O2S/c1-15-25(32,12-30-14-27-13-28-30)20-8-5-17(26)9-19(20)22-10-21-23(11-31(15)22)34-24(29-21)16-3-6-18(33-2)7-4-16/h3-9,13-15,22,32H,10-12H2,1-2H3/t15-,22?,25-/m1/s1. The summed E-state index contributed by atoms with van der Waals surface area (Å²) in [5, 5.41) is 17.2. The van der Waals surface area contributed by atoms with Crippen molar-refractivity contribution in [3.05, 3.63) is 82.6 Å². The van der Waals surface area contributed by atoms with E-state index in [9.17, 15) is 9.50 Å². The van der Waals surface area contributed by atoms with Crippen molar-refractivity contribution in [3.63, 3.8) is 0 Å². The third kappa shape index (κ3) is 3.34. The van der Waals surface area contributed by atoms with Gasteiger partial charge in [0.15, 0.2) is 0 Å². The number of hydrogen-bond donors (Lipinski definition) is 1. The van der Waals surface area contributed by atoms with Crippen molar-refractivity contribution in [1.29, 1.82) is 0 Å². The number of rotatable bonds is 4. The molecule has 1 unspecified atom stereocenters. The lowest BCUT2D eigenvalue weighted by Gasteiger charge is -2.51. The van der Waals surface area contributed by atoms with Gasteiger partial charge in [-0.25, -0.2) is 19.0 Å². The largest absolute Gasteiger partial charge is 0.497 e. The van der Waals surface area contributed by atoms with Crippen molar-refractivity contribution >= 4 is 11.3 Å². The summed E-state index contributed by atoms with van der Waals surface area (Å²) < 4.78 is 21.3. The highest BCUT2D eigenvalue weighted by Crippen LogP contribution is 2.49. The lowest BCUT2D eigenvalue weighted by atomic mass is 9.74. The van der Waals surface area contributed by atoms with Gasteiger partial charge in [0.05, 0.1) is 19.3 Å². The number of nitrogens with zero attached hydrogens (tertiary/aromatic N) is 5. The van der Waals surface area contributed by atoms with Gasteiger partial charge in [0.1, 0.15) is 34.8 Å². The van der Waals surface area contributed by atoms with Crippen LogP contribution >= 0.6 is 11.3 Å².